The van der Waals surface area contributed by atoms with E-state index >= 15 is 0 Å². The van der Waals surface area contributed by atoms with E-state index in [-0.39, 0.29) is 5.91 Å². The molecule has 0 spiro atoms. The van der Waals surface area contributed by atoms with Gasteiger partial charge in [0.15, 0.2) is 0 Å². The van der Waals surface area contributed by atoms with Crippen LogP contribution in [0.25, 0.3) is 0 Å². The van der Waals surface area contributed by atoms with Gasteiger partial charge in [-0.15, -0.1) is 0 Å². The molecule has 2 N–H and O–H groups in total. The summed E-state index contributed by atoms with van der Waals surface area (Å²) in [5.41, 5.74) is 2.73. The summed E-state index contributed by atoms with van der Waals surface area (Å²) in [6, 6.07) is 7.52. The number of aryl methyl sites for hydroxylation is 2. The standard InChI is InChI=1S/C19H23ClN4O/c1-12-8-9-15(11-16(12)20)22-18(25)17-10-13(2)21-19(24-17)23-14-6-4-3-5-7-14/h8-11,14H,3-7H2,1-2H3,(H,22,25)(H,21,23,24). The summed E-state index contributed by atoms with van der Waals surface area (Å²) in [6.45, 7) is 3.79. The molecule has 0 radical (unpaired) electrons. The maximum atomic E-state index is 12.5. The van der Waals surface area contributed by atoms with Crippen LogP contribution in [0.3, 0.4) is 0 Å². The highest BCUT2D eigenvalue weighted by Crippen LogP contribution is 2.22. The summed E-state index contributed by atoms with van der Waals surface area (Å²) in [5, 5.41) is 6.84. The fourth-order valence-electron chi connectivity index (χ4n) is 3.04. The molecule has 0 bridgehead atoms. The Morgan fingerprint density at radius 3 is 2.60 bits per heavy atom. The van der Waals surface area contributed by atoms with E-state index in [1.165, 1.54) is 19.3 Å². The smallest absolute Gasteiger partial charge is 0.274 e. The molecular formula is C19H23ClN4O. The van der Waals surface area contributed by atoms with E-state index in [0.717, 1.165) is 24.1 Å². The minimum absolute atomic E-state index is 0.267. The average Bonchev–Trinajstić information content (AvgIpc) is 2.58. The Morgan fingerprint density at radius 2 is 1.88 bits per heavy atom. The number of anilines is 2. The van der Waals surface area contributed by atoms with Crippen molar-refractivity contribution < 1.29 is 4.79 Å². The molecule has 1 heterocycles. The largest absolute Gasteiger partial charge is 0.351 e. The molecule has 3 rings (SSSR count). The molecule has 0 atom stereocenters. The van der Waals surface area contributed by atoms with Crippen LogP contribution in [0.5, 0.6) is 0 Å². The van der Waals surface area contributed by atoms with Crippen molar-refractivity contribution in [2.45, 2.75) is 52.0 Å². The first kappa shape index (κ1) is 17.7. The number of carbonyl (C=O) groups excluding carboxylic acids is 1. The van der Waals surface area contributed by atoms with E-state index in [1.807, 2.05) is 26.0 Å². The first-order valence-electron chi connectivity index (χ1n) is 8.71. The molecule has 1 amide bonds. The van der Waals surface area contributed by atoms with Crippen molar-refractivity contribution in [2.24, 2.45) is 0 Å². The third-order valence-corrected chi connectivity index (χ3v) is 4.86. The summed E-state index contributed by atoms with van der Waals surface area (Å²) >= 11 is 6.12. The Labute approximate surface area is 153 Å². The number of hydrogen-bond donors (Lipinski definition) is 2. The van der Waals surface area contributed by atoms with Gasteiger partial charge in [-0.25, -0.2) is 9.97 Å². The Morgan fingerprint density at radius 1 is 1.12 bits per heavy atom. The molecule has 1 saturated carbocycles. The number of halogens is 1. The zero-order valence-corrected chi connectivity index (χ0v) is 15.4. The van der Waals surface area contributed by atoms with Crippen LogP contribution >= 0.6 is 11.6 Å². The third-order valence-electron chi connectivity index (χ3n) is 4.45. The van der Waals surface area contributed by atoms with E-state index in [4.69, 9.17) is 11.6 Å². The molecule has 0 saturated heterocycles. The summed E-state index contributed by atoms with van der Waals surface area (Å²) in [5.74, 6) is 0.260. The van der Waals surface area contributed by atoms with Crippen molar-refractivity contribution in [3.8, 4) is 0 Å². The molecule has 1 aromatic carbocycles. The van der Waals surface area contributed by atoms with Crippen molar-refractivity contribution >= 4 is 29.1 Å². The Kier molecular flexibility index (Phi) is 5.53. The van der Waals surface area contributed by atoms with E-state index in [1.54, 1.807) is 12.1 Å². The van der Waals surface area contributed by atoms with Gasteiger partial charge in [0.2, 0.25) is 5.95 Å². The van der Waals surface area contributed by atoms with E-state index < -0.39 is 0 Å². The first-order chi connectivity index (χ1) is 12.0. The van der Waals surface area contributed by atoms with Crippen molar-refractivity contribution in [3.05, 3.63) is 46.2 Å². The maximum Gasteiger partial charge on any atom is 0.274 e. The van der Waals surface area contributed by atoms with Crippen molar-refractivity contribution in [1.82, 2.24) is 9.97 Å². The van der Waals surface area contributed by atoms with Crippen LogP contribution in [0, 0.1) is 13.8 Å². The average molecular weight is 359 g/mol. The van der Waals surface area contributed by atoms with E-state index in [2.05, 4.69) is 20.6 Å². The van der Waals surface area contributed by atoms with Gasteiger partial charge in [-0.05, 0) is 50.5 Å². The summed E-state index contributed by atoms with van der Waals surface area (Å²) in [4.78, 5) is 21.4. The molecule has 1 aliphatic rings. The fraction of sp³-hybridized carbons (Fsp3) is 0.421. The second-order valence-corrected chi connectivity index (χ2v) is 7.02. The SMILES string of the molecule is Cc1cc(C(=O)Nc2ccc(C)c(Cl)c2)nc(NC2CCCCC2)n1. The van der Waals surface area contributed by atoms with Crippen LogP contribution in [0.4, 0.5) is 11.6 Å². The van der Waals surface area contributed by atoms with Crippen LogP contribution in [0.15, 0.2) is 24.3 Å². The predicted molar refractivity (Wildman–Crippen MR) is 101 cm³/mol. The van der Waals surface area contributed by atoms with Crippen LogP contribution in [-0.2, 0) is 0 Å². The monoisotopic (exact) mass is 358 g/mol. The number of nitrogens with one attached hydrogen (secondary N) is 2. The van der Waals surface area contributed by atoms with Gasteiger partial charge in [-0.1, -0.05) is 36.9 Å². The number of rotatable bonds is 4. The minimum atomic E-state index is -0.267. The van der Waals surface area contributed by atoms with Crippen LogP contribution in [0.1, 0.15) is 53.8 Å². The topological polar surface area (TPSA) is 66.9 Å². The molecule has 1 aromatic heterocycles. The normalized spacial score (nSPS) is 15.0. The van der Waals surface area contributed by atoms with Crippen molar-refractivity contribution in [2.75, 3.05) is 10.6 Å². The molecule has 5 nitrogen and oxygen atoms in total. The zero-order chi connectivity index (χ0) is 17.8. The molecule has 0 aliphatic heterocycles. The van der Waals surface area contributed by atoms with E-state index in [0.29, 0.717) is 28.4 Å². The number of hydrogen-bond acceptors (Lipinski definition) is 4. The highest BCUT2D eigenvalue weighted by atomic mass is 35.5. The number of nitrogens with zero attached hydrogens (tertiary/aromatic N) is 2. The Bertz CT molecular complexity index is 772. The molecule has 2 aromatic rings. The van der Waals surface area contributed by atoms with Gasteiger partial charge >= 0.3 is 0 Å². The van der Waals surface area contributed by atoms with Gasteiger partial charge in [-0.2, -0.15) is 0 Å². The second kappa shape index (κ2) is 7.83. The van der Waals surface area contributed by atoms with Crippen molar-refractivity contribution in [1.29, 1.82) is 0 Å². The number of benzene rings is 1. The zero-order valence-electron chi connectivity index (χ0n) is 14.6. The molecule has 25 heavy (non-hydrogen) atoms. The Hall–Kier alpha value is -2.14. The van der Waals surface area contributed by atoms with Gasteiger partial charge in [0, 0.05) is 22.4 Å². The molecule has 0 unspecified atom stereocenters. The third kappa shape index (κ3) is 4.69. The number of aromatic nitrogens is 2. The molecule has 1 fully saturated rings. The Balaban J connectivity index is 1.74. The number of carbonyl (C=O) groups is 1. The molecule has 6 heteroatoms. The van der Waals surface area contributed by atoms with Crippen LogP contribution in [-0.4, -0.2) is 21.9 Å². The van der Waals surface area contributed by atoms with Gasteiger partial charge in [0.05, 0.1) is 0 Å². The highest BCUT2D eigenvalue weighted by Gasteiger charge is 2.16. The first-order valence-corrected chi connectivity index (χ1v) is 9.09. The fourth-order valence-corrected chi connectivity index (χ4v) is 3.23. The summed E-state index contributed by atoms with van der Waals surface area (Å²) in [7, 11) is 0. The van der Waals surface area contributed by atoms with Gasteiger partial charge in [-0.3, -0.25) is 4.79 Å². The van der Waals surface area contributed by atoms with Crippen molar-refractivity contribution in [3.63, 3.8) is 0 Å². The molecule has 1 aliphatic carbocycles. The maximum absolute atomic E-state index is 12.5. The second-order valence-electron chi connectivity index (χ2n) is 6.62. The van der Waals surface area contributed by atoms with E-state index in [9.17, 15) is 4.79 Å². The van der Waals surface area contributed by atoms with Gasteiger partial charge in [0.1, 0.15) is 5.69 Å². The lowest BCUT2D eigenvalue weighted by Crippen LogP contribution is -2.24. The summed E-state index contributed by atoms with van der Waals surface area (Å²) in [6.07, 6.45) is 6.00. The van der Waals surface area contributed by atoms with Gasteiger partial charge in [0.25, 0.3) is 5.91 Å². The number of amides is 1. The summed E-state index contributed by atoms with van der Waals surface area (Å²) < 4.78 is 0. The molecule has 132 valence electrons. The highest BCUT2D eigenvalue weighted by molar-refractivity contribution is 6.31. The lowest BCUT2D eigenvalue weighted by atomic mass is 9.96. The lowest BCUT2D eigenvalue weighted by molar-refractivity contribution is 0.102. The van der Waals surface area contributed by atoms with Crippen LogP contribution < -0.4 is 10.6 Å². The van der Waals surface area contributed by atoms with Crippen LogP contribution in [0.2, 0.25) is 5.02 Å². The quantitative estimate of drug-likeness (QED) is 0.828. The lowest BCUT2D eigenvalue weighted by Gasteiger charge is -2.23. The van der Waals surface area contributed by atoms with Gasteiger partial charge < -0.3 is 10.6 Å². The predicted octanol–water partition coefficient (Wildman–Crippen LogP) is 4.74. The minimum Gasteiger partial charge on any atom is -0.351 e. The molecular weight excluding hydrogens is 336 g/mol.